The third kappa shape index (κ3) is 2.18. The van der Waals surface area contributed by atoms with Crippen molar-refractivity contribution in [3.63, 3.8) is 0 Å². The van der Waals surface area contributed by atoms with Crippen LogP contribution in [0.2, 0.25) is 0 Å². The van der Waals surface area contributed by atoms with Gasteiger partial charge >= 0.3 is 5.97 Å². The molecule has 106 valence electrons. The van der Waals surface area contributed by atoms with Gasteiger partial charge in [0.15, 0.2) is 0 Å². The highest BCUT2D eigenvalue weighted by Gasteiger charge is 2.29. The molecule has 1 fully saturated rings. The number of hydrogen-bond acceptors (Lipinski definition) is 3. The molecule has 5 heteroatoms. The molecule has 0 amide bonds. The van der Waals surface area contributed by atoms with Crippen LogP contribution >= 0.6 is 0 Å². The van der Waals surface area contributed by atoms with E-state index in [0.717, 1.165) is 18.7 Å². The van der Waals surface area contributed by atoms with E-state index in [1.807, 2.05) is 10.6 Å². The van der Waals surface area contributed by atoms with Gasteiger partial charge in [-0.2, -0.15) is 0 Å². The molecule has 0 spiro atoms. The van der Waals surface area contributed by atoms with Crippen LogP contribution in [0.3, 0.4) is 0 Å². The lowest BCUT2D eigenvalue weighted by molar-refractivity contribution is 0.0697. The molecule has 1 N–H and O–H groups in total. The minimum atomic E-state index is -0.915. The van der Waals surface area contributed by atoms with Gasteiger partial charge in [0.2, 0.25) is 0 Å². The van der Waals surface area contributed by atoms with Gasteiger partial charge in [0.05, 0.1) is 17.3 Å². The van der Waals surface area contributed by atoms with Gasteiger partial charge in [0.1, 0.15) is 5.65 Å². The van der Waals surface area contributed by atoms with Crippen molar-refractivity contribution in [1.29, 1.82) is 0 Å². The Morgan fingerprint density at radius 3 is 3.00 bits per heavy atom. The predicted molar refractivity (Wildman–Crippen MR) is 76.0 cm³/mol. The summed E-state index contributed by atoms with van der Waals surface area (Å²) < 4.78 is 1.90. The summed E-state index contributed by atoms with van der Waals surface area (Å²) in [5.74, 6) is -0.915. The third-order valence-corrected chi connectivity index (χ3v) is 4.02. The van der Waals surface area contributed by atoms with Crippen molar-refractivity contribution in [3.8, 4) is 0 Å². The number of carbonyl (C=O) groups is 1. The average Bonchev–Trinajstić information content (AvgIpc) is 3.03. The maximum atomic E-state index is 11.0. The fourth-order valence-electron chi connectivity index (χ4n) is 3.02. The highest BCUT2D eigenvalue weighted by Crippen LogP contribution is 2.33. The molecule has 1 saturated heterocycles. The summed E-state index contributed by atoms with van der Waals surface area (Å²) in [6, 6.07) is 4.08. The molecular formula is C15H19N3O2. The van der Waals surface area contributed by atoms with Crippen molar-refractivity contribution in [1.82, 2.24) is 14.3 Å². The highest BCUT2D eigenvalue weighted by atomic mass is 16.4. The molecule has 0 bridgehead atoms. The molecular weight excluding hydrogens is 254 g/mol. The molecule has 0 saturated carbocycles. The molecule has 1 unspecified atom stereocenters. The summed E-state index contributed by atoms with van der Waals surface area (Å²) in [6.45, 7) is 5.52. The molecule has 3 rings (SSSR count). The van der Waals surface area contributed by atoms with E-state index in [2.05, 4.69) is 23.7 Å². The molecule has 2 aromatic rings. The van der Waals surface area contributed by atoms with E-state index in [9.17, 15) is 4.79 Å². The Labute approximate surface area is 117 Å². The van der Waals surface area contributed by atoms with Crippen LogP contribution in [0.25, 0.3) is 5.65 Å². The minimum absolute atomic E-state index is 0.279. The average molecular weight is 273 g/mol. The van der Waals surface area contributed by atoms with E-state index in [1.165, 1.54) is 6.42 Å². The van der Waals surface area contributed by atoms with Gasteiger partial charge in [-0.15, -0.1) is 0 Å². The number of carboxylic acids is 1. The van der Waals surface area contributed by atoms with Crippen molar-refractivity contribution in [3.05, 3.63) is 35.8 Å². The lowest BCUT2D eigenvalue weighted by Crippen LogP contribution is -2.30. The number of pyridine rings is 1. The first-order valence-electron chi connectivity index (χ1n) is 7.04. The first-order valence-corrected chi connectivity index (χ1v) is 7.04. The van der Waals surface area contributed by atoms with Crippen molar-refractivity contribution in [2.75, 3.05) is 6.54 Å². The van der Waals surface area contributed by atoms with Crippen LogP contribution in [0.4, 0.5) is 0 Å². The van der Waals surface area contributed by atoms with Crippen molar-refractivity contribution < 1.29 is 9.90 Å². The van der Waals surface area contributed by atoms with E-state index in [-0.39, 0.29) is 5.56 Å². The molecule has 1 aliphatic heterocycles. The molecule has 0 aromatic carbocycles. The van der Waals surface area contributed by atoms with E-state index in [4.69, 9.17) is 5.11 Å². The topological polar surface area (TPSA) is 57.8 Å². The van der Waals surface area contributed by atoms with Crippen LogP contribution in [-0.4, -0.2) is 37.9 Å². The monoisotopic (exact) mass is 273 g/mol. The molecule has 3 heterocycles. The first-order chi connectivity index (χ1) is 9.56. The summed E-state index contributed by atoms with van der Waals surface area (Å²) in [5, 5.41) is 9.03. The van der Waals surface area contributed by atoms with Gasteiger partial charge in [0, 0.05) is 18.4 Å². The number of aromatic carboxylic acids is 1. The number of nitrogens with zero attached hydrogens (tertiary/aromatic N) is 3. The second-order valence-corrected chi connectivity index (χ2v) is 5.64. The Bertz CT molecular complexity index is 648. The fourth-order valence-corrected chi connectivity index (χ4v) is 3.02. The smallest absolute Gasteiger partial charge is 0.335 e. The molecule has 5 nitrogen and oxygen atoms in total. The second-order valence-electron chi connectivity index (χ2n) is 5.64. The maximum absolute atomic E-state index is 11.0. The molecule has 1 aliphatic rings. The predicted octanol–water partition coefficient (Wildman–Crippen LogP) is 2.58. The largest absolute Gasteiger partial charge is 0.478 e. The van der Waals surface area contributed by atoms with E-state index in [0.29, 0.717) is 17.7 Å². The third-order valence-electron chi connectivity index (χ3n) is 4.02. The number of rotatable bonds is 3. The summed E-state index contributed by atoms with van der Waals surface area (Å²) in [5.41, 5.74) is 2.02. The van der Waals surface area contributed by atoms with Gasteiger partial charge in [0.25, 0.3) is 0 Å². The normalized spacial score (nSPS) is 20.1. The van der Waals surface area contributed by atoms with Crippen molar-refractivity contribution >= 4 is 11.6 Å². The summed E-state index contributed by atoms with van der Waals surface area (Å²) in [7, 11) is 0. The Morgan fingerprint density at radius 1 is 1.50 bits per heavy atom. The van der Waals surface area contributed by atoms with Gasteiger partial charge in [-0.1, -0.05) is 0 Å². The van der Waals surface area contributed by atoms with Crippen LogP contribution < -0.4 is 0 Å². The molecule has 0 radical (unpaired) electrons. The van der Waals surface area contributed by atoms with Gasteiger partial charge in [-0.05, 0) is 45.4 Å². The zero-order valence-electron chi connectivity index (χ0n) is 11.8. The number of carboxylic acid groups (broad SMARTS) is 1. The van der Waals surface area contributed by atoms with Crippen molar-refractivity contribution in [2.45, 2.75) is 38.8 Å². The van der Waals surface area contributed by atoms with E-state index < -0.39 is 5.97 Å². The molecule has 0 aliphatic carbocycles. The van der Waals surface area contributed by atoms with Gasteiger partial charge < -0.3 is 9.51 Å². The van der Waals surface area contributed by atoms with E-state index in [1.54, 1.807) is 18.3 Å². The quantitative estimate of drug-likeness (QED) is 0.933. The van der Waals surface area contributed by atoms with Crippen molar-refractivity contribution in [2.24, 2.45) is 0 Å². The van der Waals surface area contributed by atoms with Crippen LogP contribution in [-0.2, 0) is 0 Å². The maximum Gasteiger partial charge on any atom is 0.335 e. The lowest BCUT2D eigenvalue weighted by Gasteiger charge is -2.26. The Hall–Kier alpha value is -1.88. The van der Waals surface area contributed by atoms with Crippen LogP contribution in [0.1, 0.15) is 48.8 Å². The number of imidazole rings is 1. The molecule has 2 aromatic heterocycles. The molecule has 1 atom stereocenters. The summed E-state index contributed by atoms with van der Waals surface area (Å²) in [4.78, 5) is 18.1. The number of hydrogen-bond donors (Lipinski definition) is 1. The zero-order chi connectivity index (χ0) is 14.3. The van der Waals surface area contributed by atoms with Gasteiger partial charge in [-0.25, -0.2) is 9.78 Å². The first kappa shape index (κ1) is 13.1. The Morgan fingerprint density at radius 2 is 2.30 bits per heavy atom. The number of likely N-dealkylation sites (tertiary alicyclic amines) is 1. The minimum Gasteiger partial charge on any atom is -0.478 e. The summed E-state index contributed by atoms with van der Waals surface area (Å²) in [6.07, 6.45) is 6.10. The summed E-state index contributed by atoms with van der Waals surface area (Å²) >= 11 is 0. The SMILES string of the molecule is CC(C)N1CCCC1c1cn2ccc(C(=O)O)cc2n1. The Kier molecular flexibility index (Phi) is 3.22. The highest BCUT2D eigenvalue weighted by molar-refractivity contribution is 5.88. The number of fused-ring (bicyclic) bond motifs is 1. The van der Waals surface area contributed by atoms with Crippen LogP contribution in [0.5, 0.6) is 0 Å². The van der Waals surface area contributed by atoms with E-state index >= 15 is 0 Å². The van der Waals surface area contributed by atoms with Crippen LogP contribution in [0, 0.1) is 0 Å². The standard InChI is InChI=1S/C15H19N3O2/c1-10(2)18-6-3-4-13(18)12-9-17-7-5-11(15(19)20)8-14(17)16-12/h5,7-10,13H,3-4,6H2,1-2H3,(H,19,20). The fraction of sp³-hybridized carbons (Fsp3) is 0.467. The molecule has 20 heavy (non-hydrogen) atoms. The Balaban J connectivity index is 1.98. The number of aromatic nitrogens is 2. The lowest BCUT2D eigenvalue weighted by atomic mass is 10.1. The van der Waals surface area contributed by atoms with Crippen LogP contribution in [0.15, 0.2) is 24.5 Å². The second kappa shape index (κ2) is 4.90. The van der Waals surface area contributed by atoms with Gasteiger partial charge in [-0.3, -0.25) is 4.90 Å². The zero-order valence-corrected chi connectivity index (χ0v) is 11.8.